The van der Waals surface area contributed by atoms with Gasteiger partial charge >= 0.3 is 0 Å². The van der Waals surface area contributed by atoms with Gasteiger partial charge in [0, 0.05) is 44.4 Å². The van der Waals surface area contributed by atoms with Crippen LogP contribution in [0.1, 0.15) is 13.3 Å². The van der Waals surface area contributed by atoms with Crippen LogP contribution in [0, 0.1) is 0 Å². The van der Waals surface area contributed by atoms with E-state index in [-0.39, 0.29) is 0 Å². The summed E-state index contributed by atoms with van der Waals surface area (Å²) >= 11 is 12.2. The minimum Gasteiger partial charge on any atom is -0.351 e. The molecule has 3 N–H and O–H groups in total. The number of allylic oxidation sites excluding steroid dienone is 3. The molecule has 1 saturated heterocycles. The highest BCUT2D eigenvalue weighted by molar-refractivity contribution is 6.42. The number of anilines is 4. The third-order valence-electron chi connectivity index (χ3n) is 5.46. The van der Waals surface area contributed by atoms with Crippen molar-refractivity contribution in [3.63, 3.8) is 0 Å². The largest absolute Gasteiger partial charge is 0.351 e. The van der Waals surface area contributed by atoms with Gasteiger partial charge in [-0.1, -0.05) is 60.5 Å². The fourth-order valence-electron chi connectivity index (χ4n) is 3.47. The third kappa shape index (κ3) is 6.94. The number of aromatic amines is 1. The first-order valence-corrected chi connectivity index (χ1v) is 12.3. The second-order valence-electron chi connectivity index (χ2n) is 8.14. The Morgan fingerprint density at radius 2 is 1.74 bits per heavy atom. The topological polar surface area (TPSA) is 97.9 Å². The molecule has 2 aromatic heterocycles. The van der Waals surface area contributed by atoms with Crippen LogP contribution in [0.15, 0.2) is 48.6 Å². The lowest BCUT2D eigenvalue weighted by atomic mass is 10.1. The van der Waals surface area contributed by atoms with E-state index < -0.39 is 0 Å². The first-order chi connectivity index (χ1) is 17.0. The van der Waals surface area contributed by atoms with Crippen LogP contribution >= 0.6 is 23.2 Å². The lowest BCUT2D eigenvalue weighted by molar-refractivity contribution is 0.311. The van der Waals surface area contributed by atoms with Crippen LogP contribution < -0.4 is 15.5 Å². The average Bonchev–Trinajstić information content (AvgIpc) is 3.32. The molecule has 1 fully saturated rings. The molecule has 3 heterocycles. The Bertz CT molecular complexity index is 1180. The van der Waals surface area contributed by atoms with E-state index in [1.807, 2.05) is 30.4 Å². The molecule has 1 aromatic carbocycles. The number of hydrogen-bond donors (Lipinski definition) is 3. The Balaban J connectivity index is 1.53. The number of likely N-dealkylation sites (N-methyl/N-ethyl adjacent to an activating group) is 1. The van der Waals surface area contributed by atoms with Crippen molar-refractivity contribution >= 4 is 46.9 Å². The van der Waals surface area contributed by atoms with Crippen molar-refractivity contribution in [2.24, 2.45) is 0 Å². The van der Waals surface area contributed by atoms with Crippen molar-refractivity contribution < 1.29 is 0 Å². The summed E-state index contributed by atoms with van der Waals surface area (Å²) in [5.41, 5.74) is 1.67. The molecule has 0 bridgehead atoms. The van der Waals surface area contributed by atoms with E-state index in [0.29, 0.717) is 40.3 Å². The number of nitrogens with zero attached hydrogens (tertiary/aromatic N) is 6. The second-order valence-corrected chi connectivity index (χ2v) is 8.95. The number of halogens is 2. The Labute approximate surface area is 215 Å². The molecule has 35 heavy (non-hydrogen) atoms. The molecular formula is C24H29Cl2N9. The summed E-state index contributed by atoms with van der Waals surface area (Å²) in [5.74, 6) is 2.13. The molecule has 9 nitrogen and oxygen atoms in total. The van der Waals surface area contributed by atoms with Gasteiger partial charge in [-0.2, -0.15) is 20.1 Å². The van der Waals surface area contributed by atoms with Gasteiger partial charge in [0.2, 0.25) is 17.8 Å². The number of rotatable bonds is 9. The highest BCUT2D eigenvalue weighted by Crippen LogP contribution is 2.29. The first kappa shape index (κ1) is 25.0. The molecule has 0 atom stereocenters. The van der Waals surface area contributed by atoms with Gasteiger partial charge in [-0.25, -0.2) is 0 Å². The maximum atomic E-state index is 6.16. The lowest BCUT2D eigenvalue weighted by Gasteiger charge is -2.32. The van der Waals surface area contributed by atoms with Crippen LogP contribution in [0.5, 0.6) is 0 Å². The van der Waals surface area contributed by atoms with Crippen LogP contribution in [0.4, 0.5) is 23.7 Å². The number of piperazine rings is 1. The van der Waals surface area contributed by atoms with Gasteiger partial charge < -0.3 is 20.4 Å². The molecule has 1 aliphatic heterocycles. The number of hydrogen-bond acceptors (Lipinski definition) is 8. The quantitative estimate of drug-likeness (QED) is 0.344. The van der Waals surface area contributed by atoms with Gasteiger partial charge in [0.25, 0.3) is 0 Å². The van der Waals surface area contributed by atoms with E-state index in [2.05, 4.69) is 65.6 Å². The number of nitrogens with one attached hydrogen (secondary N) is 3. The molecule has 0 amide bonds. The zero-order valence-corrected chi connectivity index (χ0v) is 21.3. The maximum absolute atomic E-state index is 6.16. The van der Waals surface area contributed by atoms with E-state index in [1.54, 1.807) is 12.1 Å². The molecule has 4 rings (SSSR count). The molecule has 0 radical (unpaired) electrons. The summed E-state index contributed by atoms with van der Waals surface area (Å²) in [6, 6.07) is 7.30. The normalized spacial score (nSPS) is 14.8. The Morgan fingerprint density at radius 3 is 2.51 bits per heavy atom. The zero-order valence-electron chi connectivity index (χ0n) is 19.8. The maximum Gasteiger partial charge on any atom is 0.235 e. The molecule has 0 aliphatic carbocycles. The molecule has 3 aromatic rings. The third-order valence-corrected chi connectivity index (χ3v) is 6.19. The fraction of sp³-hybridized carbons (Fsp3) is 0.333. The van der Waals surface area contributed by atoms with E-state index in [9.17, 15) is 0 Å². The average molecular weight is 514 g/mol. The van der Waals surface area contributed by atoms with Gasteiger partial charge in [0.1, 0.15) is 0 Å². The predicted octanol–water partition coefficient (Wildman–Crippen LogP) is 5.00. The Hall–Kier alpha value is -3.14. The number of benzene rings is 1. The summed E-state index contributed by atoms with van der Waals surface area (Å²) in [6.07, 6.45) is 9.17. The van der Waals surface area contributed by atoms with Gasteiger partial charge in [-0.05, 0) is 25.6 Å². The van der Waals surface area contributed by atoms with Crippen molar-refractivity contribution in [2.75, 3.05) is 55.3 Å². The van der Waals surface area contributed by atoms with Crippen LogP contribution in [-0.4, -0.2) is 69.8 Å². The standard InChI is InChI=1S/C24H29Cl2N9/c1-3-4-5-6-7-10-27-22-29-23(31-24(30-22)35-13-11-34(2)12-14-35)28-21-16-20(32-33-21)17-8-9-18(25)19(26)15-17/h4-9,15-16H,3,10-14H2,1-2H3,(H3,27,28,29,30,31,32,33)/b5-4-,7-6-. The van der Waals surface area contributed by atoms with Gasteiger partial charge in [0.15, 0.2) is 5.82 Å². The van der Waals surface area contributed by atoms with Gasteiger partial charge in [-0.3, -0.25) is 5.10 Å². The summed E-state index contributed by atoms with van der Waals surface area (Å²) < 4.78 is 0. The van der Waals surface area contributed by atoms with E-state index >= 15 is 0 Å². The van der Waals surface area contributed by atoms with E-state index in [4.69, 9.17) is 23.2 Å². The molecular weight excluding hydrogens is 485 g/mol. The minimum absolute atomic E-state index is 0.415. The molecule has 0 saturated carbocycles. The van der Waals surface area contributed by atoms with Crippen LogP contribution in [0.2, 0.25) is 10.0 Å². The molecule has 1 aliphatic rings. The molecule has 11 heteroatoms. The minimum atomic E-state index is 0.415. The summed E-state index contributed by atoms with van der Waals surface area (Å²) in [7, 11) is 2.12. The van der Waals surface area contributed by atoms with Crippen LogP contribution in [0.25, 0.3) is 11.3 Å². The van der Waals surface area contributed by atoms with Gasteiger partial charge in [0.05, 0.1) is 15.7 Å². The highest BCUT2D eigenvalue weighted by atomic mass is 35.5. The zero-order chi connectivity index (χ0) is 24.6. The van der Waals surface area contributed by atoms with Crippen molar-refractivity contribution in [1.29, 1.82) is 0 Å². The number of aromatic nitrogens is 5. The Kier molecular flexibility index (Phi) is 8.57. The van der Waals surface area contributed by atoms with E-state index in [1.165, 1.54) is 0 Å². The van der Waals surface area contributed by atoms with E-state index in [0.717, 1.165) is 43.9 Å². The van der Waals surface area contributed by atoms with Crippen LogP contribution in [0.3, 0.4) is 0 Å². The van der Waals surface area contributed by atoms with Crippen LogP contribution in [-0.2, 0) is 0 Å². The SMILES string of the molecule is CC/C=C\C=C/CNc1nc(Nc2cc(-c3ccc(Cl)c(Cl)c3)[nH]n2)nc(N2CCN(C)CC2)n1. The highest BCUT2D eigenvalue weighted by Gasteiger charge is 2.19. The molecule has 0 unspecified atom stereocenters. The first-order valence-electron chi connectivity index (χ1n) is 11.5. The summed E-state index contributed by atoms with van der Waals surface area (Å²) in [4.78, 5) is 18.3. The lowest BCUT2D eigenvalue weighted by Crippen LogP contribution is -2.45. The van der Waals surface area contributed by atoms with Crippen molar-refractivity contribution in [1.82, 2.24) is 30.0 Å². The summed E-state index contributed by atoms with van der Waals surface area (Å²) in [5, 5.41) is 14.8. The Morgan fingerprint density at radius 1 is 0.971 bits per heavy atom. The predicted molar refractivity (Wildman–Crippen MR) is 144 cm³/mol. The molecule has 184 valence electrons. The van der Waals surface area contributed by atoms with Gasteiger partial charge in [-0.15, -0.1) is 0 Å². The van der Waals surface area contributed by atoms with Crippen molar-refractivity contribution in [2.45, 2.75) is 13.3 Å². The van der Waals surface area contributed by atoms with Crippen molar-refractivity contribution in [3.8, 4) is 11.3 Å². The molecule has 0 spiro atoms. The smallest absolute Gasteiger partial charge is 0.235 e. The monoisotopic (exact) mass is 513 g/mol. The fourth-order valence-corrected chi connectivity index (χ4v) is 3.77. The van der Waals surface area contributed by atoms with Crippen molar-refractivity contribution in [3.05, 3.63) is 58.6 Å². The number of H-pyrrole nitrogens is 1. The second kappa shape index (κ2) is 12.0. The summed E-state index contributed by atoms with van der Waals surface area (Å²) in [6.45, 7) is 6.32.